The number of aryl methyl sites for hydroxylation is 2. The van der Waals surface area contributed by atoms with Crippen LogP contribution in [0.15, 0.2) is 41.6 Å². The molecule has 5 heteroatoms. The fourth-order valence-electron chi connectivity index (χ4n) is 3.99. The van der Waals surface area contributed by atoms with E-state index in [2.05, 4.69) is 65.0 Å². The third kappa shape index (κ3) is 3.20. The van der Waals surface area contributed by atoms with Gasteiger partial charge in [-0.25, -0.2) is 9.97 Å². The topological polar surface area (TPSA) is 34.0 Å². The van der Waals surface area contributed by atoms with Crippen LogP contribution in [0.2, 0.25) is 0 Å². The molecule has 0 N–H and O–H groups in total. The van der Waals surface area contributed by atoms with Crippen molar-refractivity contribution in [2.45, 2.75) is 44.0 Å². The van der Waals surface area contributed by atoms with Crippen LogP contribution in [0.25, 0.3) is 10.9 Å². The summed E-state index contributed by atoms with van der Waals surface area (Å²) in [7, 11) is 0. The number of nitrogens with zero attached hydrogens (tertiary/aromatic N) is 4. The molecule has 3 heterocycles. The number of pyridine rings is 1. The van der Waals surface area contributed by atoms with Crippen molar-refractivity contribution in [2.24, 2.45) is 0 Å². The van der Waals surface area contributed by atoms with E-state index >= 15 is 0 Å². The lowest BCUT2D eigenvalue weighted by atomic mass is 9.97. The van der Waals surface area contributed by atoms with Crippen molar-refractivity contribution in [3.05, 3.63) is 48.0 Å². The first-order valence-electron chi connectivity index (χ1n) is 9.41. The zero-order chi connectivity index (χ0) is 18.1. The molecule has 0 amide bonds. The summed E-state index contributed by atoms with van der Waals surface area (Å²) in [5.41, 5.74) is 2.40. The van der Waals surface area contributed by atoms with Crippen molar-refractivity contribution in [1.82, 2.24) is 14.5 Å². The van der Waals surface area contributed by atoms with E-state index in [-0.39, 0.29) is 0 Å². The Hall–Kier alpha value is -2.01. The average Bonchev–Trinajstić information content (AvgIpc) is 3.16. The molecular formula is C21H26N4S. The molecule has 2 aromatic heterocycles. The Balaban J connectivity index is 1.64. The van der Waals surface area contributed by atoms with Gasteiger partial charge in [0.05, 0.1) is 5.52 Å². The van der Waals surface area contributed by atoms with Crippen LogP contribution < -0.4 is 4.90 Å². The molecule has 1 aliphatic heterocycles. The van der Waals surface area contributed by atoms with E-state index in [0.717, 1.165) is 31.0 Å². The predicted octanol–water partition coefficient (Wildman–Crippen LogP) is 4.87. The van der Waals surface area contributed by atoms with Crippen LogP contribution in [0.3, 0.4) is 0 Å². The van der Waals surface area contributed by atoms with Crippen LogP contribution in [0.5, 0.6) is 0 Å². The van der Waals surface area contributed by atoms with E-state index in [0.29, 0.717) is 5.92 Å². The zero-order valence-corrected chi connectivity index (χ0v) is 16.6. The largest absolute Gasteiger partial charge is 0.356 e. The molecule has 0 saturated carbocycles. The van der Waals surface area contributed by atoms with Crippen LogP contribution in [-0.4, -0.2) is 33.9 Å². The number of piperidine rings is 1. The van der Waals surface area contributed by atoms with E-state index < -0.39 is 0 Å². The predicted molar refractivity (Wildman–Crippen MR) is 110 cm³/mol. The Kier molecular flexibility index (Phi) is 4.90. The lowest BCUT2D eigenvalue weighted by Crippen LogP contribution is -2.36. The van der Waals surface area contributed by atoms with E-state index in [1.165, 1.54) is 34.5 Å². The van der Waals surface area contributed by atoms with E-state index in [1.54, 1.807) is 11.8 Å². The van der Waals surface area contributed by atoms with Gasteiger partial charge in [-0.15, -0.1) is 11.8 Å². The van der Waals surface area contributed by atoms with Crippen LogP contribution in [0, 0.1) is 6.92 Å². The lowest BCUT2D eigenvalue weighted by molar-refractivity contribution is 0.472. The Morgan fingerprint density at radius 3 is 2.96 bits per heavy atom. The Bertz CT molecular complexity index is 918. The summed E-state index contributed by atoms with van der Waals surface area (Å²) in [6.07, 6.45) is 8.53. The van der Waals surface area contributed by atoms with Gasteiger partial charge in [-0.3, -0.25) is 0 Å². The second-order valence-corrected chi connectivity index (χ2v) is 7.92. The minimum Gasteiger partial charge on any atom is -0.356 e. The van der Waals surface area contributed by atoms with Crippen LogP contribution in [-0.2, 0) is 6.54 Å². The van der Waals surface area contributed by atoms with Gasteiger partial charge in [-0.2, -0.15) is 0 Å². The maximum atomic E-state index is 4.98. The van der Waals surface area contributed by atoms with Gasteiger partial charge in [0.2, 0.25) is 0 Å². The third-order valence-electron chi connectivity index (χ3n) is 5.41. The van der Waals surface area contributed by atoms with Crippen LogP contribution in [0.4, 0.5) is 5.82 Å². The molecule has 0 aliphatic carbocycles. The van der Waals surface area contributed by atoms with Gasteiger partial charge in [-0.1, -0.05) is 0 Å². The van der Waals surface area contributed by atoms with Crippen LogP contribution >= 0.6 is 11.8 Å². The van der Waals surface area contributed by atoms with E-state index in [9.17, 15) is 0 Å². The quantitative estimate of drug-likeness (QED) is 0.617. The Morgan fingerprint density at radius 2 is 2.15 bits per heavy atom. The molecule has 1 aromatic carbocycles. The average molecular weight is 367 g/mol. The summed E-state index contributed by atoms with van der Waals surface area (Å²) in [4.78, 5) is 13.4. The summed E-state index contributed by atoms with van der Waals surface area (Å²) in [6, 6.07) is 8.83. The molecule has 0 radical (unpaired) electrons. The fourth-order valence-corrected chi connectivity index (χ4v) is 4.43. The second kappa shape index (κ2) is 7.31. The first kappa shape index (κ1) is 17.4. The number of thioether (sulfide) groups is 1. The van der Waals surface area contributed by atoms with Crippen molar-refractivity contribution in [1.29, 1.82) is 0 Å². The molecule has 4 rings (SSSR count). The highest BCUT2D eigenvalue weighted by molar-refractivity contribution is 7.98. The van der Waals surface area contributed by atoms with Gasteiger partial charge in [-0.05, 0) is 62.8 Å². The number of rotatable bonds is 4. The van der Waals surface area contributed by atoms with Gasteiger partial charge < -0.3 is 9.47 Å². The normalized spacial score (nSPS) is 17.8. The van der Waals surface area contributed by atoms with Gasteiger partial charge in [0.1, 0.15) is 11.6 Å². The first-order chi connectivity index (χ1) is 12.7. The molecule has 1 atom stereocenters. The summed E-state index contributed by atoms with van der Waals surface area (Å²) < 4.78 is 2.27. The Morgan fingerprint density at radius 1 is 1.27 bits per heavy atom. The number of aromatic nitrogens is 3. The van der Waals surface area contributed by atoms with Crippen molar-refractivity contribution < 1.29 is 0 Å². The molecular weight excluding hydrogens is 340 g/mol. The first-order valence-corrected chi connectivity index (χ1v) is 10.6. The molecule has 0 spiro atoms. The van der Waals surface area contributed by atoms with Gasteiger partial charge in [0.25, 0.3) is 0 Å². The van der Waals surface area contributed by atoms with Gasteiger partial charge in [0, 0.05) is 48.2 Å². The Labute approximate surface area is 159 Å². The summed E-state index contributed by atoms with van der Waals surface area (Å²) in [6.45, 7) is 7.44. The molecule has 136 valence electrons. The van der Waals surface area contributed by atoms with Gasteiger partial charge >= 0.3 is 0 Å². The standard InChI is InChI=1S/C21H26N4S/c1-4-24-11-9-22-21(24)16-6-5-10-25(14-16)20-12-15(2)18-13-17(26-3)7-8-19(18)23-20/h7-9,11-13,16H,4-6,10,14H2,1-3H3/t16-/m0/s1. The number of imidazole rings is 1. The number of hydrogen-bond acceptors (Lipinski definition) is 4. The number of fused-ring (bicyclic) bond motifs is 1. The lowest BCUT2D eigenvalue weighted by Gasteiger charge is -2.33. The highest BCUT2D eigenvalue weighted by Crippen LogP contribution is 2.31. The summed E-state index contributed by atoms with van der Waals surface area (Å²) in [5, 5.41) is 1.26. The second-order valence-electron chi connectivity index (χ2n) is 7.04. The zero-order valence-electron chi connectivity index (χ0n) is 15.8. The molecule has 0 bridgehead atoms. The molecule has 4 nitrogen and oxygen atoms in total. The highest BCUT2D eigenvalue weighted by atomic mass is 32.2. The van der Waals surface area contributed by atoms with E-state index in [1.807, 2.05) is 6.20 Å². The van der Waals surface area contributed by atoms with Crippen molar-refractivity contribution in [3.63, 3.8) is 0 Å². The maximum Gasteiger partial charge on any atom is 0.129 e. The number of benzene rings is 1. The third-order valence-corrected chi connectivity index (χ3v) is 6.13. The fraction of sp³-hybridized carbons (Fsp3) is 0.429. The van der Waals surface area contributed by atoms with Gasteiger partial charge in [0.15, 0.2) is 0 Å². The summed E-state index contributed by atoms with van der Waals surface area (Å²) in [5.74, 6) is 2.81. The molecule has 1 aliphatic rings. The monoisotopic (exact) mass is 366 g/mol. The highest BCUT2D eigenvalue weighted by Gasteiger charge is 2.25. The molecule has 26 heavy (non-hydrogen) atoms. The smallest absolute Gasteiger partial charge is 0.129 e. The number of anilines is 1. The SMILES string of the molecule is CCn1ccnc1[C@H]1CCCN(c2cc(C)c3cc(SC)ccc3n2)C1. The van der Waals surface area contributed by atoms with Crippen molar-refractivity contribution >= 4 is 28.5 Å². The minimum atomic E-state index is 0.482. The molecule has 3 aromatic rings. The molecule has 0 unspecified atom stereocenters. The van der Waals surface area contributed by atoms with E-state index in [4.69, 9.17) is 4.98 Å². The summed E-state index contributed by atoms with van der Waals surface area (Å²) >= 11 is 1.78. The molecule has 1 saturated heterocycles. The molecule has 1 fully saturated rings. The van der Waals surface area contributed by atoms with Crippen LogP contribution in [0.1, 0.15) is 37.1 Å². The maximum absolute atomic E-state index is 4.98. The van der Waals surface area contributed by atoms with Crippen molar-refractivity contribution in [3.8, 4) is 0 Å². The minimum absolute atomic E-state index is 0.482. The van der Waals surface area contributed by atoms with Crippen molar-refractivity contribution in [2.75, 3.05) is 24.2 Å². The number of hydrogen-bond donors (Lipinski definition) is 0.